The van der Waals surface area contributed by atoms with Crippen molar-refractivity contribution in [1.82, 2.24) is 15.0 Å². The average molecular weight is 970 g/mol. The van der Waals surface area contributed by atoms with Crippen molar-refractivity contribution in [2.45, 2.75) is 132 Å². The molecule has 0 saturated carbocycles. The number of nitrogens with zero attached hydrogens (tertiary/aromatic N) is 3. The molecule has 0 unspecified atom stereocenters. The average Bonchev–Trinajstić information content (AvgIpc) is 4.04. The summed E-state index contributed by atoms with van der Waals surface area (Å²) in [5.41, 5.74) is 3.47. The minimum Gasteiger partial charge on any atom is -0.465 e. The Morgan fingerprint density at radius 3 is 1.98 bits per heavy atom. The van der Waals surface area contributed by atoms with Gasteiger partial charge in [-0.3, -0.25) is 4.79 Å². The van der Waals surface area contributed by atoms with E-state index in [1.54, 1.807) is 17.8 Å². The van der Waals surface area contributed by atoms with Crippen LogP contribution in [0.25, 0.3) is 0 Å². The van der Waals surface area contributed by atoms with Gasteiger partial charge in [0, 0.05) is 0 Å². The van der Waals surface area contributed by atoms with Gasteiger partial charge in [0.2, 0.25) is 0 Å². The Balaban J connectivity index is 1.09. The molecule has 0 N–H and O–H groups in total. The van der Waals surface area contributed by atoms with Gasteiger partial charge < -0.3 is 52.1 Å². The summed E-state index contributed by atoms with van der Waals surface area (Å²) < 4.78 is 71.0. The number of alkyl halides is 1. The van der Waals surface area contributed by atoms with Crippen LogP contribution in [0.4, 0.5) is 0 Å². The molecule has 5 heterocycles. The lowest BCUT2D eigenvalue weighted by molar-refractivity contribution is -0.265. The summed E-state index contributed by atoms with van der Waals surface area (Å²) in [5, 5.41) is 9.14. The van der Waals surface area contributed by atoms with Crippen LogP contribution in [0.1, 0.15) is 63.2 Å². The van der Waals surface area contributed by atoms with Gasteiger partial charge in [-0.05, 0) is 51.3 Å². The number of carbonyl (C=O) groups is 1. The Bertz CT molecular complexity index is 2030. The quantitative estimate of drug-likeness (QED) is 0.0610. The number of hydrogen-bond donors (Lipinski definition) is 0. The summed E-state index contributed by atoms with van der Waals surface area (Å²) in [7, 11) is 0. The number of carbonyl (C=O) groups excluding carboxylic acids is 1. The third-order valence-corrected chi connectivity index (χ3v) is 12.5. The molecule has 0 spiro atoms. The first-order valence-corrected chi connectivity index (χ1v) is 22.5. The summed E-state index contributed by atoms with van der Waals surface area (Å²) in [5.74, 6) is -2.70. The number of halogens is 1. The number of benzene rings is 3. The second-order valence-corrected chi connectivity index (χ2v) is 18.1. The first kappa shape index (κ1) is 45.2. The van der Waals surface area contributed by atoms with Crippen LogP contribution in [0.5, 0.6) is 0 Å². The summed E-state index contributed by atoms with van der Waals surface area (Å²) in [6.45, 7) is 10.8. The zero-order chi connectivity index (χ0) is 43.3. The van der Waals surface area contributed by atoms with E-state index in [1.165, 1.54) is 0 Å². The molecule has 11 atom stereocenters. The van der Waals surface area contributed by atoms with E-state index in [4.69, 9.17) is 52.1 Å². The molecule has 4 saturated heterocycles. The second-order valence-electron chi connectivity index (χ2n) is 16.7. The van der Waals surface area contributed by atoms with Gasteiger partial charge in [-0.1, -0.05) is 119 Å². The van der Waals surface area contributed by atoms with E-state index in [0.717, 1.165) is 16.7 Å². The molecule has 0 amide bonds. The molecule has 3 aromatic carbocycles. The van der Waals surface area contributed by atoms with Gasteiger partial charge in [0.05, 0.1) is 64.5 Å². The summed E-state index contributed by atoms with van der Waals surface area (Å²) in [4.78, 5) is 13.8. The van der Waals surface area contributed by atoms with Crippen molar-refractivity contribution in [1.29, 1.82) is 0 Å². The smallest absolute Gasteiger partial charge is 0.319 e. The fourth-order valence-electron chi connectivity index (χ4n) is 8.37. The highest BCUT2D eigenvalue weighted by atomic mass is 127. The molecule has 62 heavy (non-hydrogen) atoms. The lowest BCUT2D eigenvalue weighted by Crippen LogP contribution is -2.59. The fraction of sp³-hybridized carbons (Fsp3) is 0.543. The molecule has 334 valence electrons. The van der Waals surface area contributed by atoms with Gasteiger partial charge in [0.25, 0.3) is 0 Å². The van der Waals surface area contributed by atoms with Crippen molar-refractivity contribution in [2.24, 2.45) is 5.92 Å². The summed E-state index contributed by atoms with van der Waals surface area (Å²) in [6.07, 6.45) is -3.79. The molecule has 4 fully saturated rings. The minimum absolute atomic E-state index is 0.0534. The molecule has 0 aliphatic carbocycles. The van der Waals surface area contributed by atoms with Gasteiger partial charge in [-0.15, -0.1) is 5.10 Å². The van der Waals surface area contributed by atoms with E-state index in [0.29, 0.717) is 18.9 Å². The number of hydrogen-bond acceptors (Lipinski definition) is 14. The topological polar surface area (TPSA) is 149 Å². The van der Waals surface area contributed by atoms with Crippen LogP contribution in [-0.2, 0) is 83.3 Å². The summed E-state index contributed by atoms with van der Waals surface area (Å²) >= 11 is 2.13. The third kappa shape index (κ3) is 10.9. The largest absolute Gasteiger partial charge is 0.465 e. The molecular formula is C46H56IN3O12. The van der Waals surface area contributed by atoms with Gasteiger partial charge in [0.1, 0.15) is 46.2 Å². The van der Waals surface area contributed by atoms with Crippen LogP contribution >= 0.6 is 22.6 Å². The number of aromatic nitrogens is 3. The van der Waals surface area contributed by atoms with E-state index in [2.05, 4.69) is 32.9 Å². The zero-order valence-electron chi connectivity index (χ0n) is 35.7. The van der Waals surface area contributed by atoms with Crippen molar-refractivity contribution in [3.05, 3.63) is 120 Å². The van der Waals surface area contributed by atoms with Crippen LogP contribution in [0.2, 0.25) is 0 Å². The predicted molar refractivity (Wildman–Crippen MR) is 230 cm³/mol. The molecular weight excluding hydrogens is 913 g/mol. The summed E-state index contributed by atoms with van der Waals surface area (Å²) in [6, 6.07) is 29.7. The Morgan fingerprint density at radius 2 is 1.37 bits per heavy atom. The maximum atomic E-state index is 13.8. The molecule has 15 nitrogen and oxygen atoms in total. The van der Waals surface area contributed by atoms with E-state index >= 15 is 0 Å². The monoisotopic (exact) mass is 969 g/mol. The van der Waals surface area contributed by atoms with Gasteiger partial charge in [-0.25, -0.2) is 4.68 Å². The molecule has 4 aliphatic rings. The van der Waals surface area contributed by atoms with E-state index in [1.807, 2.05) is 119 Å². The van der Waals surface area contributed by atoms with Crippen molar-refractivity contribution in [3.8, 4) is 0 Å². The lowest BCUT2D eigenvalue weighted by atomic mass is 9.86. The highest BCUT2D eigenvalue weighted by Crippen LogP contribution is 2.44. The molecule has 0 radical (unpaired) electrons. The van der Waals surface area contributed by atoms with Crippen LogP contribution < -0.4 is 0 Å². The first-order valence-electron chi connectivity index (χ1n) is 21.2. The number of rotatable bonds is 18. The van der Waals surface area contributed by atoms with Crippen molar-refractivity contribution < 1.29 is 56.9 Å². The molecule has 4 aliphatic heterocycles. The van der Waals surface area contributed by atoms with E-state index in [-0.39, 0.29) is 33.0 Å². The van der Waals surface area contributed by atoms with Crippen molar-refractivity contribution in [3.63, 3.8) is 0 Å². The lowest BCUT2D eigenvalue weighted by Gasteiger charge is -2.47. The van der Waals surface area contributed by atoms with E-state index < -0.39 is 82.6 Å². The first-order chi connectivity index (χ1) is 30.0. The van der Waals surface area contributed by atoms with Crippen molar-refractivity contribution >= 4 is 28.6 Å². The van der Waals surface area contributed by atoms with Gasteiger partial charge in [-0.2, -0.15) is 0 Å². The number of fused-ring (bicyclic) bond motifs is 1. The SMILES string of the molecule is CCOC(=O)[C@@H](I)[C@@H]1[C@@H](OCc2ccccc2)[C@@H](OCc2ccccc2)[C@@H](COCc2ccccc2)O[C@H]1n1cc(CO[C@@H]2[C@H]3OC(C)(C)O[C@H]3O[C@@H]2[C@H]2COC(C)(C)O2)nn1. The number of esters is 1. The normalized spacial score (nSPS) is 30.5. The molecule has 4 aromatic rings. The standard InChI is InChI=1S/C46H56IN3O12/c1-6-53-43(51)36(47)35-39(55-25-31-20-14-9-15-21-31)37(54-24-30-18-12-8-13-19-30)33(27-52-23-29-16-10-7-11-17-29)58-42(35)50-22-32(48-49-50)26-56-40-38(34-28-57-45(2,3)60-34)59-44-41(40)61-46(4,5)62-44/h7-22,33-42,44H,6,23-28H2,1-5H3/t33-,34-,35-,36+,37+,38-,39-,40+,41-,42-,44-/m1/s1. The van der Waals surface area contributed by atoms with Crippen molar-refractivity contribution in [2.75, 3.05) is 19.8 Å². The Morgan fingerprint density at radius 1 is 0.758 bits per heavy atom. The second kappa shape index (κ2) is 20.2. The van der Waals surface area contributed by atoms with Gasteiger partial charge in [0.15, 0.2) is 24.1 Å². The minimum atomic E-state index is -0.865. The number of ether oxygens (including phenoxy) is 11. The highest BCUT2D eigenvalue weighted by Gasteiger charge is 2.59. The zero-order valence-corrected chi connectivity index (χ0v) is 37.8. The Labute approximate surface area is 376 Å². The highest BCUT2D eigenvalue weighted by molar-refractivity contribution is 14.1. The third-order valence-electron chi connectivity index (χ3n) is 11.2. The van der Waals surface area contributed by atoms with Crippen LogP contribution in [0.15, 0.2) is 97.2 Å². The van der Waals surface area contributed by atoms with Crippen LogP contribution in [0.3, 0.4) is 0 Å². The molecule has 1 aromatic heterocycles. The fourth-order valence-corrected chi connectivity index (χ4v) is 9.31. The molecule has 16 heteroatoms. The Hall–Kier alpha value is -3.40. The Kier molecular flexibility index (Phi) is 14.7. The van der Waals surface area contributed by atoms with Crippen LogP contribution in [-0.4, -0.2) is 105 Å². The molecule has 8 rings (SSSR count). The maximum absolute atomic E-state index is 13.8. The van der Waals surface area contributed by atoms with E-state index in [9.17, 15) is 4.79 Å². The van der Waals surface area contributed by atoms with Crippen LogP contribution in [0, 0.1) is 5.92 Å². The van der Waals surface area contributed by atoms with Gasteiger partial charge >= 0.3 is 5.97 Å². The molecule has 0 bridgehead atoms. The predicted octanol–water partition coefficient (Wildman–Crippen LogP) is 6.46. The maximum Gasteiger partial charge on any atom is 0.319 e.